The lowest BCUT2D eigenvalue weighted by atomic mass is 9.53. The van der Waals surface area contributed by atoms with Gasteiger partial charge in [-0.2, -0.15) is 0 Å². The van der Waals surface area contributed by atoms with Gasteiger partial charge in [0, 0.05) is 17.9 Å². The Balaban J connectivity index is 1.58. The summed E-state index contributed by atoms with van der Waals surface area (Å²) in [5.74, 6) is 8.07. The maximum absolute atomic E-state index is 12.1. The van der Waals surface area contributed by atoms with Gasteiger partial charge < -0.3 is 10.4 Å². The molecule has 0 radical (unpaired) electrons. The highest BCUT2D eigenvalue weighted by atomic mass is 16.3. The van der Waals surface area contributed by atoms with E-state index in [4.69, 9.17) is 0 Å². The van der Waals surface area contributed by atoms with Crippen molar-refractivity contribution in [2.45, 2.75) is 63.9 Å². The lowest BCUT2D eigenvalue weighted by Crippen LogP contribution is -2.45. The summed E-state index contributed by atoms with van der Waals surface area (Å²) in [6.45, 7) is 3.02. The highest BCUT2D eigenvalue weighted by Gasteiger charge is 2.56. The molecule has 4 aliphatic carbocycles. The number of nitrogens with one attached hydrogen (secondary N) is 1. The average Bonchev–Trinajstić information content (AvgIpc) is 3.08. The molecule has 0 bridgehead atoms. The monoisotopic (exact) mass is 415 g/mol. The fourth-order valence-corrected chi connectivity index (χ4v) is 6.96. The molecule has 0 amide bonds. The van der Waals surface area contributed by atoms with Gasteiger partial charge in [-0.25, -0.2) is 0 Å². The van der Waals surface area contributed by atoms with Crippen molar-refractivity contribution in [3.63, 3.8) is 0 Å². The molecule has 0 aromatic heterocycles. The number of rotatable bonds is 2. The summed E-state index contributed by atoms with van der Waals surface area (Å²) in [5, 5.41) is 14.0. The second-order valence-corrected chi connectivity index (χ2v) is 10.1. The number of hydrogen-bond donors (Lipinski definition) is 2. The van der Waals surface area contributed by atoms with Crippen molar-refractivity contribution in [1.29, 1.82) is 0 Å². The summed E-state index contributed by atoms with van der Waals surface area (Å²) in [6, 6.07) is 8.77. The Morgan fingerprint density at radius 3 is 2.71 bits per heavy atom. The van der Waals surface area contributed by atoms with Crippen molar-refractivity contribution in [2.75, 3.05) is 13.6 Å². The predicted molar refractivity (Wildman–Crippen MR) is 124 cm³/mol. The van der Waals surface area contributed by atoms with Gasteiger partial charge >= 0.3 is 0 Å². The number of benzene rings is 1. The van der Waals surface area contributed by atoms with E-state index in [0.29, 0.717) is 30.7 Å². The first-order valence-electron chi connectivity index (χ1n) is 11.9. The van der Waals surface area contributed by atoms with Crippen molar-refractivity contribution >= 4 is 5.78 Å². The molecule has 5 unspecified atom stereocenters. The standard InChI is InChI=1S/C28H33NO2/c1-28-17-24(19-7-5-18(6-8-19)4-3-15-29-2)27-22-12-10-21(30)16-20(22)9-11-23(27)25(28)13-14-26(28)31/h5-8,16,23-26,29,31H,9-15,17H2,1-2H3. The first kappa shape index (κ1) is 20.7. The van der Waals surface area contributed by atoms with Crippen LogP contribution in [0.4, 0.5) is 0 Å². The van der Waals surface area contributed by atoms with E-state index in [-0.39, 0.29) is 17.3 Å². The number of carbonyl (C=O) groups is 1. The molecule has 0 saturated heterocycles. The molecule has 4 aliphatic rings. The van der Waals surface area contributed by atoms with E-state index in [0.717, 1.165) is 44.1 Å². The van der Waals surface area contributed by atoms with Crippen LogP contribution in [-0.4, -0.2) is 30.6 Å². The van der Waals surface area contributed by atoms with Crippen LogP contribution in [-0.2, 0) is 4.79 Å². The van der Waals surface area contributed by atoms with E-state index in [2.05, 4.69) is 48.3 Å². The largest absolute Gasteiger partial charge is 0.393 e. The lowest BCUT2D eigenvalue weighted by molar-refractivity contribution is -0.114. The molecule has 1 aromatic rings. The number of fused-ring (bicyclic) bond motifs is 4. The number of allylic oxidation sites excluding steroid dienone is 4. The molecular formula is C28H33NO2. The fraction of sp³-hybridized carbons (Fsp3) is 0.536. The zero-order valence-corrected chi connectivity index (χ0v) is 18.7. The molecule has 3 nitrogen and oxygen atoms in total. The van der Waals surface area contributed by atoms with E-state index in [1.807, 2.05) is 13.1 Å². The third-order valence-electron chi connectivity index (χ3n) is 8.49. The molecule has 2 saturated carbocycles. The number of ketones is 1. The van der Waals surface area contributed by atoms with Gasteiger partial charge in [0.1, 0.15) is 0 Å². The molecular weight excluding hydrogens is 382 g/mol. The van der Waals surface area contributed by atoms with Gasteiger partial charge in [-0.3, -0.25) is 4.79 Å². The molecule has 0 spiro atoms. The number of aliphatic hydroxyl groups is 1. The number of carbonyl (C=O) groups excluding carboxylic acids is 1. The normalized spacial score (nSPS) is 34.3. The van der Waals surface area contributed by atoms with Crippen LogP contribution in [0.15, 0.2) is 47.1 Å². The van der Waals surface area contributed by atoms with Crippen LogP contribution in [0, 0.1) is 29.1 Å². The zero-order chi connectivity index (χ0) is 21.6. The molecule has 162 valence electrons. The molecule has 2 fully saturated rings. The molecule has 0 aliphatic heterocycles. The quantitative estimate of drug-likeness (QED) is 0.699. The minimum Gasteiger partial charge on any atom is -0.393 e. The molecule has 5 atom stereocenters. The summed E-state index contributed by atoms with van der Waals surface area (Å²) in [4.78, 5) is 12.1. The zero-order valence-electron chi connectivity index (χ0n) is 18.7. The second-order valence-electron chi connectivity index (χ2n) is 10.1. The third-order valence-corrected chi connectivity index (χ3v) is 8.49. The van der Waals surface area contributed by atoms with Crippen molar-refractivity contribution in [3.8, 4) is 11.8 Å². The van der Waals surface area contributed by atoms with Crippen molar-refractivity contribution in [3.05, 3.63) is 58.2 Å². The number of hydrogen-bond acceptors (Lipinski definition) is 3. The Labute approximate surface area is 186 Å². The average molecular weight is 416 g/mol. The minimum absolute atomic E-state index is 0.0175. The summed E-state index contributed by atoms with van der Waals surface area (Å²) in [5.41, 5.74) is 6.73. The highest BCUT2D eigenvalue weighted by molar-refractivity contribution is 5.93. The summed E-state index contributed by atoms with van der Waals surface area (Å²) < 4.78 is 0. The Morgan fingerprint density at radius 1 is 1.13 bits per heavy atom. The number of aliphatic hydroxyl groups excluding tert-OH is 1. The Morgan fingerprint density at radius 2 is 1.94 bits per heavy atom. The van der Waals surface area contributed by atoms with Crippen LogP contribution < -0.4 is 5.32 Å². The molecule has 2 N–H and O–H groups in total. The van der Waals surface area contributed by atoms with E-state index < -0.39 is 0 Å². The first-order chi connectivity index (χ1) is 15.0. The second kappa shape index (κ2) is 8.08. The van der Waals surface area contributed by atoms with Crippen LogP contribution in [0.25, 0.3) is 0 Å². The maximum atomic E-state index is 12.1. The van der Waals surface area contributed by atoms with Gasteiger partial charge in [0.05, 0.1) is 12.6 Å². The van der Waals surface area contributed by atoms with Crippen LogP contribution in [0.2, 0.25) is 0 Å². The van der Waals surface area contributed by atoms with Crippen molar-refractivity contribution in [1.82, 2.24) is 5.32 Å². The molecule has 0 heterocycles. The molecule has 31 heavy (non-hydrogen) atoms. The minimum atomic E-state index is -0.205. The van der Waals surface area contributed by atoms with Crippen LogP contribution in [0.5, 0.6) is 0 Å². The SMILES string of the molecule is CNCC#Cc1ccc(C2CC3(C)C(O)CCC3C3CCC4=CC(=O)CCC4=C23)cc1. The van der Waals surface area contributed by atoms with Crippen LogP contribution >= 0.6 is 0 Å². The van der Waals surface area contributed by atoms with Crippen molar-refractivity contribution < 1.29 is 9.90 Å². The predicted octanol–water partition coefficient (Wildman–Crippen LogP) is 4.52. The molecule has 3 heteroatoms. The van der Waals surface area contributed by atoms with Crippen molar-refractivity contribution in [2.24, 2.45) is 17.3 Å². The molecule has 1 aromatic carbocycles. The summed E-state index contributed by atoms with van der Waals surface area (Å²) in [7, 11) is 1.91. The Bertz CT molecular complexity index is 1010. The van der Waals surface area contributed by atoms with Gasteiger partial charge in [-0.15, -0.1) is 0 Å². The van der Waals surface area contributed by atoms with Gasteiger partial charge in [0.25, 0.3) is 0 Å². The van der Waals surface area contributed by atoms with E-state index in [1.165, 1.54) is 16.7 Å². The summed E-state index contributed by atoms with van der Waals surface area (Å²) >= 11 is 0. The van der Waals surface area contributed by atoms with Crippen LogP contribution in [0.1, 0.15) is 68.9 Å². The van der Waals surface area contributed by atoms with Gasteiger partial charge in [0.2, 0.25) is 0 Å². The molecule has 5 rings (SSSR count). The highest BCUT2D eigenvalue weighted by Crippen LogP contribution is 2.63. The first-order valence-corrected chi connectivity index (χ1v) is 11.9. The van der Waals surface area contributed by atoms with Gasteiger partial charge in [0.15, 0.2) is 5.78 Å². The van der Waals surface area contributed by atoms with E-state index in [1.54, 1.807) is 5.57 Å². The summed E-state index contributed by atoms with van der Waals surface area (Å²) in [6.07, 6.45) is 8.45. The van der Waals surface area contributed by atoms with Gasteiger partial charge in [-0.1, -0.05) is 36.5 Å². The third kappa shape index (κ3) is 3.51. The Hall–Kier alpha value is -2.15. The maximum Gasteiger partial charge on any atom is 0.156 e. The lowest BCUT2D eigenvalue weighted by Gasteiger charge is -2.52. The fourth-order valence-electron chi connectivity index (χ4n) is 6.96. The van der Waals surface area contributed by atoms with Gasteiger partial charge in [-0.05, 0) is 97.7 Å². The van der Waals surface area contributed by atoms with Crippen LogP contribution in [0.3, 0.4) is 0 Å². The Kier molecular flexibility index (Phi) is 5.40. The smallest absolute Gasteiger partial charge is 0.156 e. The van der Waals surface area contributed by atoms with E-state index >= 15 is 0 Å². The topological polar surface area (TPSA) is 49.3 Å². The van der Waals surface area contributed by atoms with E-state index in [9.17, 15) is 9.90 Å².